The minimum Gasteiger partial charge on any atom is -0.377 e. The van der Waals surface area contributed by atoms with Gasteiger partial charge in [-0.15, -0.1) is 0 Å². The number of nitrogens with one attached hydrogen (secondary N) is 2. The van der Waals surface area contributed by atoms with Crippen LogP contribution in [-0.4, -0.2) is 19.3 Å². The van der Waals surface area contributed by atoms with Crippen LogP contribution in [0, 0.1) is 5.82 Å². The molecule has 0 radical (unpaired) electrons. The molecule has 0 spiro atoms. The van der Waals surface area contributed by atoms with Crippen molar-refractivity contribution in [1.82, 2.24) is 4.98 Å². The van der Waals surface area contributed by atoms with Gasteiger partial charge in [0.1, 0.15) is 10.7 Å². The number of carbonyl (C=O) groups excluding carboxylic acids is 1. The van der Waals surface area contributed by atoms with Gasteiger partial charge in [-0.25, -0.2) is 4.39 Å². The van der Waals surface area contributed by atoms with Crippen LogP contribution in [0.5, 0.6) is 5.75 Å². The molecule has 4 rings (SSSR count). The average molecular weight is 424 g/mol. The quantitative estimate of drug-likeness (QED) is 0.453. The van der Waals surface area contributed by atoms with E-state index in [0.29, 0.717) is 0 Å². The Morgan fingerprint density at radius 3 is 2.47 bits per heavy atom. The van der Waals surface area contributed by atoms with Crippen molar-refractivity contribution in [2.75, 3.05) is 5.32 Å². The molecular weight excluding hydrogens is 407 g/mol. The van der Waals surface area contributed by atoms with Gasteiger partial charge in [0, 0.05) is 17.1 Å². The van der Waals surface area contributed by atoms with Crippen molar-refractivity contribution in [3.05, 3.63) is 90.4 Å². The first-order chi connectivity index (χ1) is 14.4. The van der Waals surface area contributed by atoms with E-state index in [1.54, 1.807) is 24.4 Å². The zero-order valence-corrected chi connectivity index (χ0v) is 16.4. The van der Waals surface area contributed by atoms with Crippen molar-refractivity contribution in [2.45, 2.75) is 11.3 Å². The number of aromatic amines is 1. The maximum Gasteiger partial charge on any atom is 0.339 e. The second kappa shape index (κ2) is 8.00. The van der Waals surface area contributed by atoms with Gasteiger partial charge in [0.2, 0.25) is 5.91 Å². The predicted octanol–water partition coefficient (Wildman–Crippen LogP) is 4.26. The van der Waals surface area contributed by atoms with E-state index in [0.717, 1.165) is 40.7 Å². The summed E-state index contributed by atoms with van der Waals surface area (Å²) < 4.78 is 43.3. The smallest absolute Gasteiger partial charge is 0.339 e. The van der Waals surface area contributed by atoms with Crippen LogP contribution in [0.3, 0.4) is 0 Å². The van der Waals surface area contributed by atoms with E-state index in [1.807, 2.05) is 24.3 Å². The normalized spacial score (nSPS) is 11.4. The number of aromatic nitrogens is 1. The van der Waals surface area contributed by atoms with E-state index in [2.05, 4.69) is 10.3 Å². The summed E-state index contributed by atoms with van der Waals surface area (Å²) in [6.45, 7) is 0. The summed E-state index contributed by atoms with van der Waals surface area (Å²) in [5.41, 5.74) is 1.96. The van der Waals surface area contributed by atoms with E-state index in [1.165, 1.54) is 6.07 Å². The number of H-pyrrole nitrogens is 1. The molecule has 0 saturated heterocycles. The second-order valence-corrected chi connectivity index (χ2v) is 8.12. The highest BCUT2D eigenvalue weighted by molar-refractivity contribution is 7.87. The van der Waals surface area contributed by atoms with Crippen molar-refractivity contribution in [3.63, 3.8) is 0 Å². The minimum absolute atomic E-state index is 0.0332. The van der Waals surface area contributed by atoms with Gasteiger partial charge in [-0.1, -0.05) is 30.3 Å². The van der Waals surface area contributed by atoms with E-state index < -0.39 is 15.9 Å². The molecule has 0 aliphatic rings. The largest absolute Gasteiger partial charge is 0.377 e. The number of anilines is 1. The molecule has 0 aliphatic carbocycles. The van der Waals surface area contributed by atoms with Crippen LogP contribution in [0.2, 0.25) is 0 Å². The van der Waals surface area contributed by atoms with Gasteiger partial charge in [-0.05, 0) is 48.0 Å². The number of fused-ring (bicyclic) bond motifs is 1. The first kappa shape index (κ1) is 19.7. The van der Waals surface area contributed by atoms with Crippen LogP contribution in [0.25, 0.3) is 10.9 Å². The fourth-order valence-electron chi connectivity index (χ4n) is 3.06. The van der Waals surface area contributed by atoms with Crippen LogP contribution in [0.1, 0.15) is 5.56 Å². The topological polar surface area (TPSA) is 88.3 Å². The van der Waals surface area contributed by atoms with Crippen molar-refractivity contribution in [1.29, 1.82) is 0 Å². The lowest BCUT2D eigenvalue weighted by Gasteiger charge is -2.12. The van der Waals surface area contributed by atoms with Crippen LogP contribution >= 0.6 is 0 Å². The molecule has 0 atom stereocenters. The number of rotatable bonds is 6. The Bertz CT molecular complexity index is 1310. The molecule has 1 aromatic heterocycles. The standard InChI is InChI=1S/C22H17FN2O4S/c23-16-9-11-17(12-10-16)30(27,28)29-21-8-4-3-7-20(21)25-22(26)13-15-14-24-19-6-2-1-5-18(15)19/h1-12,14,24H,13H2,(H,25,26). The first-order valence-electron chi connectivity index (χ1n) is 9.06. The molecule has 0 aliphatic heterocycles. The lowest BCUT2D eigenvalue weighted by atomic mass is 10.1. The third kappa shape index (κ3) is 4.18. The van der Waals surface area contributed by atoms with E-state index in [9.17, 15) is 17.6 Å². The van der Waals surface area contributed by atoms with Gasteiger partial charge >= 0.3 is 10.1 Å². The molecule has 1 heterocycles. The summed E-state index contributed by atoms with van der Waals surface area (Å²) in [5, 5.41) is 3.64. The Labute approximate surface area is 172 Å². The molecule has 0 unspecified atom stereocenters. The van der Waals surface area contributed by atoms with Crippen LogP contribution in [0.4, 0.5) is 10.1 Å². The van der Waals surface area contributed by atoms with Crippen molar-refractivity contribution in [3.8, 4) is 5.75 Å². The molecule has 6 nitrogen and oxygen atoms in total. The molecule has 2 N–H and O–H groups in total. The number of benzene rings is 3. The predicted molar refractivity (Wildman–Crippen MR) is 111 cm³/mol. The highest BCUT2D eigenvalue weighted by Gasteiger charge is 2.19. The molecular formula is C22H17FN2O4S. The molecule has 3 aromatic carbocycles. The summed E-state index contributed by atoms with van der Waals surface area (Å²) in [4.78, 5) is 15.5. The maximum atomic E-state index is 13.1. The number of para-hydroxylation sites is 3. The second-order valence-electron chi connectivity index (χ2n) is 6.57. The summed E-state index contributed by atoms with van der Waals surface area (Å²) >= 11 is 0. The van der Waals surface area contributed by atoms with Gasteiger partial charge < -0.3 is 14.5 Å². The van der Waals surface area contributed by atoms with E-state index in [4.69, 9.17) is 4.18 Å². The van der Waals surface area contributed by atoms with Crippen molar-refractivity contribution < 1.29 is 21.8 Å². The number of hydrogen-bond acceptors (Lipinski definition) is 4. The summed E-state index contributed by atoms with van der Waals surface area (Å²) in [7, 11) is -4.19. The van der Waals surface area contributed by atoms with Gasteiger partial charge in [0.15, 0.2) is 5.75 Å². The molecule has 30 heavy (non-hydrogen) atoms. The Hall–Kier alpha value is -3.65. The van der Waals surface area contributed by atoms with Crippen LogP contribution in [-0.2, 0) is 21.3 Å². The molecule has 1 amide bonds. The highest BCUT2D eigenvalue weighted by Crippen LogP contribution is 2.28. The lowest BCUT2D eigenvalue weighted by Crippen LogP contribution is -2.16. The van der Waals surface area contributed by atoms with Gasteiger partial charge in [0.05, 0.1) is 12.1 Å². The fraction of sp³-hybridized carbons (Fsp3) is 0.0455. The van der Waals surface area contributed by atoms with E-state index >= 15 is 0 Å². The number of halogens is 1. The third-order valence-electron chi connectivity index (χ3n) is 4.49. The Kier molecular flexibility index (Phi) is 5.24. The lowest BCUT2D eigenvalue weighted by molar-refractivity contribution is -0.115. The molecule has 4 aromatic rings. The van der Waals surface area contributed by atoms with Crippen molar-refractivity contribution >= 4 is 32.6 Å². The molecule has 0 saturated carbocycles. The number of carbonyl (C=O) groups is 1. The molecule has 152 valence electrons. The SMILES string of the molecule is O=C(Cc1c[nH]c2ccccc12)Nc1ccccc1OS(=O)(=O)c1ccc(F)cc1. The molecule has 0 fully saturated rings. The summed E-state index contributed by atoms with van der Waals surface area (Å²) in [5.74, 6) is -0.914. The Morgan fingerprint density at radius 2 is 1.67 bits per heavy atom. The monoisotopic (exact) mass is 424 g/mol. The third-order valence-corrected chi connectivity index (χ3v) is 5.74. The number of amides is 1. The van der Waals surface area contributed by atoms with Gasteiger partial charge in [-0.2, -0.15) is 8.42 Å². The zero-order chi connectivity index (χ0) is 21.1. The summed E-state index contributed by atoms with van der Waals surface area (Å²) in [6.07, 6.45) is 1.87. The molecule has 0 bridgehead atoms. The Morgan fingerprint density at radius 1 is 0.967 bits per heavy atom. The number of hydrogen-bond donors (Lipinski definition) is 2. The zero-order valence-electron chi connectivity index (χ0n) is 15.6. The van der Waals surface area contributed by atoms with Crippen molar-refractivity contribution in [2.24, 2.45) is 0 Å². The van der Waals surface area contributed by atoms with Crippen LogP contribution in [0.15, 0.2) is 83.9 Å². The van der Waals surface area contributed by atoms with Gasteiger partial charge in [0.25, 0.3) is 0 Å². The average Bonchev–Trinajstić information content (AvgIpc) is 3.12. The van der Waals surface area contributed by atoms with E-state index in [-0.39, 0.29) is 28.7 Å². The highest BCUT2D eigenvalue weighted by atomic mass is 32.2. The fourth-order valence-corrected chi connectivity index (χ4v) is 4.00. The van der Waals surface area contributed by atoms with Gasteiger partial charge in [-0.3, -0.25) is 4.79 Å². The van der Waals surface area contributed by atoms with Crippen LogP contribution < -0.4 is 9.50 Å². The Balaban J connectivity index is 1.53. The summed E-state index contributed by atoms with van der Waals surface area (Å²) in [6, 6.07) is 18.1. The maximum absolute atomic E-state index is 13.1. The first-order valence-corrected chi connectivity index (χ1v) is 10.5. The minimum atomic E-state index is -4.19. The molecule has 8 heteroatoms.